The monoisotopic (exact) mass is 346 g/mol. The number of aromatic nitrogens is 1. The predicted molar refractivity (Wildman–Crippen MR) is 92.4 cm³/mol. The average Bonchev–Trinajstić information content (AvgIpc) is 2.98. The summed E-state index contributed by atoms with van der Waals surface area (Å²) in [6.07, 6.45) is 2.22. The van der Waals surface area contributed by atoms with Gasteiger partial charge in [-0.3, -0.25) is 0 Å². The van der Waals surface area contributed by atoms with Crippen molar-refractivity contribution in [2.24, 2.45) is 0 Å². The van der Waals surface area contributed by atoms with Crippen molar-refractivity contribution in [2.45, 2.75) is 16.2 Å². The largest absolute Gasteiger partial charge is 0.360 e. The number of hydrogen-bond acceptors (Lipinski definition) is 3. The highest BCUT2D eigenvalue weighted by atomic mass is 32.2. The third-order valence-corrected chi connectivity index (χ3v) is 5.76. The molecular formula is C18H19FN2O2S. The van der Waals surface area contributed by atoms with Gasteiger partial charge in [-0.15, -0.1) is 0 Å². The summed E-state index contributed by atoms with van der Waals surface area (Å²) in [5, 5.41) is 0.684. The molecule has 0 spiro atoms. The van der Waals surface area contributed by atoms with Crippen LogP contribution in [0.3, 0.4) is 0 Å². The smallest absolute Gasteiger partial charge is 0.208 e. The molecule has 0 aliphatic heterocycles. The number of H-pyrrole nitrogens is 1. The van der Waals surface area contributed by atoms with E-state index in [1.54, 1.807) is 0 Å². The van der Waals surface area contributed by atoms with Crippen molar-refractivity contribution in [3.05, 3.63) is 60.0 Å². The molecule has 0 aliphatic rings. The van der Waals surface area contributed by atoms with Gasteiger partial charge in [0.15, 0.2) is 0 Å². The van der Waals surface area contributed by atoms with E-state index in [2.05, 4.69) is 4.98 Å². The van der Waals surface area contributed by atoms with Crippen molar-refractivity contribution in [1.29, 1.82) is 0 Å². The van der Waals surface area contributed by atoms with Crippen molar-refractivity contribution in [2.75, 3.05) is 20.6 Å². The molecule has 3 rings (SSSR count). The summed E-state index contributed by atoms with van der Waals surface area (Å²) in [5.41, 5.74) is 1.72. The lowest BCUT2D eigenvalue weighted by atomic mass is 10.1. The van der Waals surface area contributed by atoms with Gasteiger partial charge in [-0.1, -0.05) is 18.2 Å². The van der Waals surface area contributed by atoms with Gasteiger partial charge >= 0.3 is 0 Å². The number of rotatable bonds is 5. The summed E-state index contributed by atoms with van der Waals surface area (Å²) in [4.78, 5) is 5.22. The Balaban J connectivity index is 2.16. The lowest BCUT2D eigenvalue weighted by Gasteiger charge is -2.11. The molecule has 0 bridgehead atoms. The van der Waals surface area contributed by atoms with Gasteiger partial charge in [-0.25, -0.2) is 12.8 Å². The molecule has 0 saturated heterocycles. The number of fused-ring (bicyclic) bond motifs is 1. The molecule has 1 N–H and O–H groups in total. The zero-order valence-corrected chi connectivity index (χ0v) is 14.4. The summed E-state index contributed by atoms with van der Waals surface area (Å²) >= 11 is 0. The van der Waals surface area contributed by atoms with E-state index in [1.807, 2.05) is 37.2 Å². The Kier molecular flexibility index (Phi) is 4.43. The maximum atomic E-state index is 13.5. The quantitative estimate of drug-likeness (QED) is 0.772. The lowest BCUT2D eigenvalue weighted by Crippen LogP contribution is -2.15. The normalized spacial score (nSPS) is 12.2. The second-order valence-corrected chi connectivity index (χ2v) is 7.92. The van der Waals surface area contributed by atoms with E-state index in [0.717, 1.165) is 30.1 Å². The number of nitrogens with zero attached hydrogens (tertiary/aromatic N) is 1. The summed E-state index contributed by atoms with van der Waals surface area (Å²) in [6, 6.07) is 10.8. The lowest BCUT2D eigenvalue weighted by molar-refractivity contribution is 0.414. The van der Waals surface area contributed by atoms with Crippen molar-refractivity contribution in [1.82, 2.24) is 9.88 Å². The first kappa shape index (κ1) is 16.7. The molecule has 0 fully saturated rings. The second-order valence-electron chi connectivity index (χ2n) is 6.01. The van der Waals surface area contributed by atoms with Gasteiger partial charge in [0.05, 0.1) is 9.79 Å². The second kappa shape index (κ2) is 6.37. The van der Waals surface area contributed by atoms with Gasteiger partial charge in [0.2, 0.25) is 9.84 Å². The fourth-order valence-corrected chi connectivity index (χ4v) is 4.26. The van der Waals surface area contributed by atoms with E-state index in [4.69, 9.17) is 0 Å². The van der Waals surface area contributed by atoms with Crippen LogP contribution in [0.25, 0.3) is 10.9 Å². The Labute approximate surface area is 140 Å². The Morgan fingerprint density at radius 1 is 1.12 bits per heavy atom. The fourth-order valence-electron chi connectivity index (χ4n) is 2.75. The molecule has 0 unspecified atom stereocenters. The molecule has 3 aromatic rings. The van der Waals surface area contributed by atoms with Gasteiger partial charge in [0.25, 0.3) is 0 Å². The minimum Gasteiger partial charge on any atom is -0.360 e. The van der Waals surface area contributed by atoms with Crippen LogP contribution in [0, 0.1) is 5.82 Å². The van der Waals surface area contributed by atoms with Crippen LogP contribution < -0.4 is 0 Å². The van der Waals surface area contributed by atoms with Crippen molar-refractivity contribution >= 4 is 20.7 Å². The average molecular weight is 346 g/mol. The van der Waals surface area contributed by atoms with Crippen LogP contribution in [-0.2, 0) is 16.3 Å². The Morgan fingerprint density at radius 3 is 2.58 bits per heavy atom. The molecular weight excluding hydrogens is 327 g/mol. The number of nitrogens with one attached hydrogen (secondary N) is 1. The standard InChI is InChI=1S/C18H19FN2O2S/c1-21(2)10-9-13-5-3-8-16-18(13)17(12-20-16)24(22,23)15-7-4-6-14(19)11-15/h3-8,11-12,20H,9-10H2,1-2H3. The van der Waals surface area contributed by atoms with Crippen LogP contribution in [0.15, 0.2) is 58.5 Å². The molecule has 0 atom stereocenters. The van der Waals surface area contributed by atoms with Crippen molar-refractivity contribution in [3.8, 4) is 0 Å². The van der Waals surface area contributed by atoms with Crippen LogP contribution in [0.1, 0.15) is 5.56 Å². The molecule has 0 saturated carbocycles. The third-order valence-electron chi connectivity index (χ3n) is 3.98. The molecule has 0 radical (unpaired) electrons. The molecule has 6 heteroatoms. The summed E-state index contributed by atoms with van der Waals surface area (Å²) in [5.74, 6) is -0.566. The summed E-state index contributed by atoms with van der Waals surface area (Å²) in [7, 11) is 0.157. The highest BCUT2D eigenvalue weighted by Crippen LogP contribution is 2.31. The topological polar surface area (TPSA) is 53.2 Å². The van der Waals surface area contributed by atoms with Gasteiger partial charge in [-0.05, 0) is 50.3 Å². The Morgan fingerprint density at radius 2 is 1.88 bits per heavy atom. The molecule has 0 aliphatic carbocycles. The molecule has 0 amide bonds. The molecule has 4 nitrogen and oxygen atoms in total. The van der Waals surface area contributed by atoms with Gasteiger partial charge in [0, 0.05) is 23.6 Å². The van der Waals surface area contributed by atoms with Crippen LogP contribution >= 0.6 is 0 Å². The minimum atomic E-state index is -3.79. The van der Waals surface area contributed by atoms with Crippen LogP contribution in [0.2, 0.25) is 0 Å². The maximum Gasteiger partial charge on any atom is 0.208 e. The number of hydrogen-bond donors (Lipinski definition) is 1. The van der Waals surface area contributed by atoms with E-state index < -0.39 is 15.7 Å². The Bertz CT molecular complexity index is 978. The van der Waals surface area contributed by atoms with Gasteiger partial charge in [0.1, 0.15) is 5.82 Å². The predicted octanol–water partition coefficient (Wildman–Crippen LogP) is 3.24. The molecule has 2 aromatic carbocycles. The first-order valence-corrected chi connectivity index (χ1v) is 9.12. The molecule has 1 heterocycles. The first-order valence-electron chi connectivity index (χ1n) is 7.64. The SMILES string of the molecule is CN(C)CCc1cccc2[nH]cc(S(=O)(=O)c3cccc(F)c3)c12. The van der Waals surface area contributed by atoms with E-state index in [9.17, 15) is 12.8 Å². The van der Waals surface area contributed by atoms with Crippen LogP contribution in [0.5, 0.6) is 0 Å². The number of aromatic amines is 1. The Hall–Kier alpha value is -2.18. The van der Waals surface area contributed by atoms with Crippen molar-refractivity contribution in [3.63, 3.8) is 0 Å². The highest BCUT2D eigenvalue weighted by Gasteiger charge is 2.23. The van der Waals surface area contributed by atoms with E-state index in [-0.39, 0.29) is 9.79 Å². The fraction of sp³-hybridized carbons (Fsp3) is 0.222. The minimum absolute atomic E-state index is 0.0363. The molecule has 24 heavy (non-hydrogen) atoms. The van der Waals surface area contributed by atoms with Gasteiger partial charge < -0.3 is 9.88 Å². The first-order chi connectivity index (χ1) is 11.4. The van der Waals surface area contributed by atoms with Crippen molar-refractivity contribution < 1.29 is 12.8 Å². The highest BCUT2D eigenvalue weighted by molar-refractivity contribution is 7.91. The number of sulfone groups is 1. The number of likely N-dealkylation sites (N-methyl/N-ethyl adjacent to an activating group) is 1. The van der Waals surface area contributed by atoms with Gasteiger partial charge in [-0.2, -0.15) is 0 Å². The van der Waals surface area contributed by atoms with Crippen LogP contribution in [-0.4, -0.2) is 38.9 Å². The number of benzene rings is 2. The van der Waals surface area contributed by atoms with E-state index in [1.165, 1.54) is 24.4 Å². The van der Waals surface area contributed by atoms with E-state index >= 15 is 0 Å². The maximum absolute atomic E-state index is 13.5. The van der Waals surface area contributed by atoms with E-state index in [0.29, 0.717) is 5.39 Å². The zero-order chi connectivity index (χ0) is 17.3. The third kappa shape index (κ3) is 3.07. The summed E-state index contributed by atoms with van der Waals surface area (Å²) < 4.78 is 39.4. The zero-order valence-electron chi connectivity index (χ0n) is 13.6. The number of halogens is 1. The van der Waals surface area contributed by atoms with Crippen LogP contribution in [0.4, 0.5) is 4.39 Å². The summed E-state index contributed by atoms with van der Waals surface area (Å²) in [6.45, 7) is 0.809. The molecule has 126 valence electrons. The molecule has 1 aromatic heterocycles.